The van der Waals surface area contributed by atoms with Crippen LogP contribution >= 0.6 is 11.6 Å². The van der Waals surface area contributed by atoms with Gasteiger partial charge in [0.25, 0.3) is 5.69 Å². The number of hydrogen-bond acceptors (Lipinski definition) is 4. The van der Waals surface area contributed by atoms with E-state index in [1.54, 1.807) is 24.1 Å². The molecule has 1 amide bonds. The molecule has 0 unspecified atom stereocenters. The molecule has 132 valence electrons. The Balaban J connectivity index is 1.72. The Bertz CT molecular complexity index is 735. The van der Waals surface area contributed by atoms with Crippen molar-refractivity contribution in [3.05, 3.63) is 69.2 Å². The van der Waals surface area contributed by atoms with E-state index in [4.69, 9.17) is 11.6 Å². The zero-order chi connectivity index (χ0) is 18.2. The number of nitrogens with one attached hydrogen (secondary N) is 1. The summed E-state index contributed by atoms with van der Waals surface area (Å²) in [6, 6.07) is 13.7. The third kappa shape index (κ3) is 5.76. The quantitative estimate of drug-likeness (QED) is 0.436. The molecule has 0 saturated carbocycles. The molecule has 6 nitrogen and oxygen atoms in total. The molecule has 0 saturated heterocycles. The van der Waals surface area contributed by atoms with Crippen molar-refractivity contribution in [3.8, 4) is 0 Å². The normalized spacial score (nSPS) is 10.3. The van der Waals surface area contributed by atoms with Gasteiger partial charge in [-0.15, -0.1) is 0 Å². The van der Waals surface area contributed by atoms with Crippen molar-refractivity contribution in [1.29, 1.82) is 0 Å². The molecule has 0 radical (unpaired) electrons. The fourth-order valence-electron chi connectivity index (χ4n) is 2.33. The van der Waals surface area contributed by atoms with E-state index in [0.29, 0.717) is 31.0 Å². The van der Waals surface area contributed by atoms with Crippen LogP contribution in [0.1, 0.15) is 18.4 Å². The molecule has 25 heavy (non-hydrogen) atoms. The van der Waals surface area contributed by atoms with E-state index in [9.17, 15) is 14.9 Å². The molecule has 2 rings (SSSR count). The summed E-state index contributed by atoms with van der Waals surface area (Å²) in [5.74, 6) is 0.0467. The van der Waals surface area contributed by atoms with Gasteiger partial charge in [0.2, 0.25) is 5.91 Å². The van der Waals surface area contributed by atoms with Gasteiger partial charge in [-0.1, -0.05) is 29.8 Å². The second-order valence-corrected chi connectivity index (χ2v) is 6.08. The van der Waals surface area contributed by atoms with E-state index in [0.717, 1.165) is 11.3 Å². The number of nitrogens with zero attached hydrogens (tertiary/aromatic N) is 2. The fraction of sp³-hybridized carbons (Fsp3) is 0.278. The maximum atomic E-state index is 12.2. The van der Waals surface area contributed by atoms with Gasteiger partial charge in [-0.05, 0) is 30.2 Å². The number of carbonyl (C=O) groups is 1. The Morgan fingerprint density at radius 3 is 2.52 bits per heavy atom. The highest BCUT2D eigenvalue weighted by Gasteiger charge is 2.10. The van der Waals surface area contributed by atoms with Gasteiger partial charge < -0.3 is 10.2 Å². The van der Waals surface area contributed by atoms with Crippen molar-refractivity contribution < 1.29 is 9.72 Å². The van der Waals surface area contributed by atoms with Crippen LogP contribution in [0.15, 0.2) is 48.5 Å². The SMILES string of the molecule is CN(Cc1ccccc1Cl)C(=O)CCCNc1ccc([N+](=O)[O-])cc1. The highest BCUT2D eigenvalue weighted by atomic mass is 35.5. The monoisotopic (exact) mass is 361 g/mol. The first-order valence-electron chi connectivity index (χ1n) is 7.93. The predicted octanol–water partition coefficient (Wildman–Crippen LogP) is 4.10. The van der Waals surface area contributed by atoms with E-state index in [-0.39, 0.29) is 11.6 Å². The number of carbonyl (C=O) groups excluding carboxylic acids is 1. The fourth-order valence-corrected chi connectivity index (χ4v) is 2.53. The molecular formula is C18H20ClN3O3. The molecule has 0 aromatic heterocycles. The number of nitro benzene ring substituents is 1. The zero-order valence-electron chi connectivity index (χ0n) is 13.9. The topological polar surface area (TPSA) is 75.5 Å². The van der Waals surface area contributed by atoms with Crippen LogP contribution in [0.4, 0.5) is 11.4 Å². The van der Waals surface area contributed by atoms with Crippen LogP contribution in [0.3, 0.4) is 0 Å². The van der Waals surface area contributed by atoms with E-state index in [2.05, 4.69) is 5.32 Å². The largest absolute Gasteiger partial charge is 0.385 e. The van der Waals surface area contributed by atoms with Crippen LogP contribution in [-0.2, 0) is 11.3 Å². The summed E-state index contributed by atoms with van der Waals surface area (Å²) in [6.45, 7) is 1.10. The summed E-state index contributed by atoms with van der Waals surface area (Å²) in [5.41, 5.74) is 1.77. The lowest BCUT2D eigenvalue weighted by atomic mass is 10.2. The molecule has 0 aliphatic rings. The van der Waals surface area contributed by atoms with Gasteiger partial charge in [-0.2, -0.15) is 0 Å². The van der Waals surface area contributed by atoms with Gasteiger partial charge in [-0.25, -0.2) is 0 Å². The summed E-state index contributed by atoms with van der Waals surface area (Å²) in [7, 11) is 1.76. The second kappa shape index (κ2) is 9.03. The number of non-ortho nitro benzene ring substituents is 1. The third-order valence-electron chi connectivity index (χ3n) is 3.77. The highest BCUT2D eigenvalue weighted by Crippen LogP contribution is 2.17. The number of nitro groups is 1. The van der Waals surface area contributed by atoms with Gasteiger partial charge in [0.1, 0.15) is 0 Å². The molecule has 7 heteroatoms. The van der Waals surface area contributed by atoms with Gasteiger partial charge >= 0.3 is 0 Å². The molecule has 1 N–H and O–H groups in total. The number of hydrogen-bond donors (Lipinski definition) is 1. The maximum absolute atomic E-state index is 12.2. The van der Waals surface area contributed by atoms with Gasteiger partial charge in [-0.3, -0.25) is 14.9 Å². The van der Waals surface area contributed by atoms with Crippen molar-refractivity contribution in [2.75, 3.05) is 18.9 Å². The van der Waals surface area contributed by atoms with E-state index in [1.807, 2.05) is 24.3 Å². The molecule has 0 bridgehead atoms. The summed E-state index contributed by atoms with van der Waals surface area (Å²) >= 11 is 6.11. The Morgan fingerprint density at radius 1 is 1.20 bits per heavy atom. The number of benzene rings is 2. The van der Waals surface area contributed by atoms with Crippen LogP contribution in [0.25, 0.3) is 0 Å². The first kappa shape index (κ1) is 18.7. The van der Waals surface area contributed by atoms with Gasteiger partial charge in [0.05, 0.1) is 4.92 Å². The molecular weight excluding hydrogens is 342 g/mol. The standard InChI is InChI=1S/C18H20ClN3O3/c1-21(13-14-5-2-3-6-17(14)19)18(23)7-4-12-20-15-8-10-16(11-9-15)22(24)25/h2-3,5-6,8-11,20H,4,7,12-13H2,1H3. The number of rotatable bonds is 8. The summed E-state index contributed by atoms with van der Waals surface area (Å²) in [5, 5.41) is 14.4. The number of anilines is 1. The van der Waals surface area contributed by atoms with Crippen LogP contribution < -0.4 is 5.32 Å². The van der Waals surface area contributed by atoms with E-state index >= 15 is 0 Å². The predicted molar refractivity (Wildman–Crippen MR) is 98.7 cm³/mol. The lowest BCUT2D eigenvalue weighted by Crippen LogP contribution is -2.26. The van der Waals surface area contributed by atoms with E-state index < -0.39 is 4.92 Å². The summed E-state index contributed by atoms with van der Waals surface area (Å²) in [4.78, 5) is 24.0. The van der Waals surface area contributed by atoms with Crippen molar-refractivity contribution in [1.82, 2.24) is 4.90 Å². The molecule has 0 aliphatic carbocycles. The average Bonchev–Trinajstić information content (AvgIpc) is 2.60. The lowest BCUT2D eigenvalue weighted by molar-refractivity contribution is -0.384. The minimum absolute atomic E-state index is 0.0467. The van der Waals surface area contributed by atoms with Crippen molar-refractivity contribution >= 4 is 28.9 Å². The third-order valence-corrected chi connectivity index (χ3v) is 4.13. The Kier molecular flexibility index (Phi) is 6.77. The van der Waals surface area contributed by atoms with Crippen LogP contribution in [0, 0.1) is 10.1 Å². The van der Waals surface area contributed by atoms with Crippen LogP contribution in [0.5, 0.6) is 0 Å². The van der Waals surface area contributed by atoms with E-state index in [1.165, 1.54) is 12.1 Å². The number of halogens is 1. The Labute approximate surface area is 151 Å². The highest BCUT2D eigenvalue weighted by molar-refractivity contribution is 6.31. The van der Waals surface area contributed by atoms with Gasteiger partial charge in [0, 0.05) is 49.4 Å². The Hall–Kier alpha value is -2.60. The zero-order valence-corrected chi connectivity index (χ0v) is 14.7. The van der Waals surface area contributed by atoms with Crippen molar-refractivity contribution in [2.24, 2.45) is 0 Å². The maximum Gasteiger partial charge on any atom is 0.269 e. The minimum Gasteiger partial charge on any atom is -0.385 e. The molecule has 0 atom stereocenters. The first-order valence-corrected chi connectivity index (χ1v) is 8.31. The number of amides is 1. The first-order chi connectivity index (χ1) is 12.0. The van der Waals surface area contributed by atoms with Crippen LogP contribution in [0.2, 0.25) is 5.02 Å². The summed E-state index contributed by atoms with van der Waals surface area (Å²) < 4.78 is 0. The lowest BCUT2D eigenvalue weighted by Gasteiger charge is -2.18. The molecule has 0 spiro atoms. The summed E-state index contributed by atoms with van der Waals surface area (Å²) in [6.07, 6.45) is 1.09. The van der Waals surface area contributed by atoms with Crippen LogP contribution in [-0.4, -0.2) is 29.3 Å². The molecule has 0 heterocycles. The molecule has 2 aromatic rings. The average molecular weight is 362 g/mol. The minimum atomic E-state index is -0.433. The van der Waals surface area contributed by atoms with Crippen molar-refractivity contribution in [3.63, 3.8) is 0 Å². The molecule has 2 aromatic carbocycles. The van der Waals surface area contributed by atoms with Crippen molar-refractivity contribution in [2.45, 2.75) is 19.4 Å². The smallest absolute Gasteiger partial charge is 0.269 e. The van der Waals surface area contributed by atoms with Gasteiger partial charge in [0.15, 0.2) is 0 Å². The Morgan fingerprint density at radius 2 is 1.88 bits per heavy atom. The molecule has 0 aliphatic heterocycles. The molecule has 0 fully saturated rings. The second-order valence-electron chi connectivity index (χ2n) is 5.68.